The van der Waals surface area contributed by atoms with E-state index in [-0.39, 0.29) is 0 Å². The Balaban J connectivity index is 1.93. The molecule has 0 spiro atoms. The van der Waals surface area contributed by atoms with Gasteiger partial charge in [-0.2, -0.15) is 12.6 Å². The van der Waals surface area contributed by atoms with Gasteiger partial charge in [-0.3, -0.25) is 0 Å². The van der Waals surface area contributed by atoms with E-state index in [1.165, 1.54) is 26.1 Å². The van der Waals surface area contributed by atoms with Gasteiger partial charge in [-0.25, -0.2) is 0 Å². The van der Waals surface area contributed by atoms with Gasteiger partial charge in [0.1, 0.15) is 0 Å². The van der Waals surface area contributed by atoms with Crippen molar-refractivity contribution in [3.63, 3.8) is 0 Å². The zero-order chi connectivity index (χ0) is 5.11. The summed E-state index contributed by atoms with van der Waals surface area (Å²) in [5.74, 6) is 1.01. The Morgan fingerprint density at radius 1 is 1.43 bits per heavy atom. The first-order chi connectivity index (χ1) is 3.43. The monoisotopic (exact) mass is 117 g/mol. The molecule has 0 amide bonds. The minimum atomic E-state index is 1.01. The van der Waals surface area contributed by atoms with E-state index in [1.54, 1.807) is 0 Å². The van der Waals surface area contributed by atoms with Crippen LogP contribution in [-0.2, 0) is 0 Å². The second kappa shape index (κ2) is 2.58. The van der Waals surface area contributed by atoms with Gasteiger partial charge < -0.3 is 4.90 Å². The summed E-state index contributed by atoms with van der Waals surface area (Å²) in [6.07, 6.45) is 1.40. The average Bonchev–Trinajstić information content (AvgIpc) is 1.55. The van der Waals surface area contributed by atoms with Crippen molar-refractivity contribution in [3.8, 4) is 0 Å². The van der Waals surface area contributed by atoms with Gasteiger partial charge in [-0.1, -0.05) is 0 Å². The highest BCUT2D eigenvalue weighted by Crippen LogP contribution is 2.03. The highest BCUT2D eigenvalue weighted by Gasteiger charge is 2.10. The van der Waals surface area contributed by atoms with Gasteiger partial charge in [0.15, 0.2) is 0 Å². The third-order valence-electron chi connectivity index (χ3n) is 1.36. The number of likely N-dealkylation sites (tertiary alicyclic amines) is 1. The maximum atomic E-state index is 4.11. The van der Waals surface area contributed by atoms with E-state index < -0.39 is 0 Å². The van der Waals surface area contributed by atoms with E-state index in [4.69, 9.17) is 0 Å². The molecule has 1 aliphatic heterocycles. The van der Waals surface area contributed by atoms with Crippen molar-refractivity contribution in [2.24, 2.45) is 0 Å². The molecule has 0 aromatic carbocycles. The maximum Gasteiger partial charge on any atom is 0.00698 e. The molecule has 1 saturated heterocycles. The van der Waals surface area contributed by atoms with E-state index in [1.807, 2.05) is 0 Å². The molecule has 0 radical (unpaired) electrons. The van der Waals surface area contributed by atoms with Crippen LogP contribution in [-0.4, -0.2) is 30.3 Å². The van der Waals surface area contributed by atoms with Gasteiger partial charge in [0.05, 0.1) is 0 Å². The average molecular weight is 117 g/mol. The molecule has 1 fully saturated rings. The van der Waals surface area contributed by atoms with Crippen LogP contribution in [0.1, 0.15) is 6.42 Å². The van der Waals surface area contributed by atoms with Gasteiger partial charge >= 0.3 is 0 Å². The minimum Gasteiger partial charge on any atom is -0.302 e. The third-order valence-corrected chi connectivity index (χ3v) is 1.56. The normalized spacial score (nSPS) is 21.9. The summed E-state index contributed by atoms with van der Waals surface area (Å²) in [6.45, 7) is 3.80. The van der Waals surface area contributed by atoms with Crippen LogP contribution in [0.25, 0.3) is 0 Å². The topological polar surface area (TPSA) is 3.24 Å². The molecule has 1 rings (SSSR count). The lowest BCUT2D eigenvalue weighted by atomic mass is 10.2. The van der Waals surface area contributed by atoms with Gasteiger partial charge in [0.2, 0.25) is 0 Å². The fourth-order valence-corrected chi connectivity index (χ4v) is 1.03. The predicted molar refractivity (Wildman–Crippen MR) is 34.9 cm³/mol. The fourth-order valence-electron chi connectivity index (χ4n) is 0.747. The molecule has 0 aromatic rings. The zero-order valence-corrected chi connectivity index (χ0v) is 5.32. The van der Waals surface area contributed by atoms with Crippen molar-refractivity contribution >= 4 is 12.6 Å². The van der Waals surface area contributed by atoms with Crippen LogP contribution in [0.4, 0.5) is 0 Å². The smallest absolute Gasteiger partial charge is 0.00698 e. The Kier molecular flexibility index (Phi) is 2.00. The summed E-state index contributed by atoms with van der Waals surface area (Å²) in [7, 11) is 0. The van der Waals surface area contributed by atoms with E-state index in [0.29, 0.717) is 0 Å². The van der Waals surface area contributed by atoms with Crippen molar-refractivity contribution in [1.82, 2.24) is 4.90 Å². The van der Waals surface area contributed by atoms with Crippen molar-refractivity contribution in [3.05, 3.63) is 0 Å². The molecule has 42 valence electrons. The Morgan fingerprint density at radius 2 is 2.14 bits per heavy atom. The molecule has 1 nitrogen and oxygen atoms in total. The lowest BCUT2D eigenvalue weighted by Gasteiger charge is -2.29. The zero-order valence-electron chi connectivity index (χ0n) is 4.43. The first-order valence-corrected chi connectivity index (χ1v) is 3.40. The summed E-state index contributed by atoms with van der Waals surface area (Å²) in [5, 5.41) is 0. The summed E-state index contributed by atoms with van der Waals surface area (Å²) in [4.78, 5) is 2.41. The molecule has 2 heteroatoms. The van der Waals surface area contributed by atoms with E-state index >= 15 is 0 Å². The van der Waals surface area contributed by atoms with Crippen molar-refractivity contribution in [2.45, 2.75) is 6.42 Å². The molecule has 0 N–H and O–H groups in total. The Hall–Kier alpha value is 0.310. The predicted octanol–water partition coefficient (Wildman–Crippen LogP) is 0.622. The summed E-state index contributed by atoms with van der Waals surface area (Å²) >= 11 is 4.11. The first kappa shape index (κ1) is 5.45. The molecule has 0 aromatic heterocycles. The molecule has 7 heavy (non-hydrogen) atoms. The first-order valence-electron chi connectivity index (χ1n) is 2.76. The van der Waals surface area contributed by atoms with Gasteiger partial charge in [0.25, 0.3) is 0 Å². The molecule has 0 atom stereocenters. The van der Waals surface area contributed by atoms with E-state index in [0.717, 1.165) is 5.75 Å². The number of rotatable bonds is 2. The maximum absolute atomic E-state index is 4.11. The Morgan fingerprint density at radius 3 is 2.29 bits per heavy atom. The second-order valence-electron chi connectivity index (χ2n) is 1.92. The molecule has 0 saturated carbocycles. The van der Waals surface area contributed by atoms with Crippen LogP contribution in [0.15, 0.2) is 0 Å². The molecule has 0 bridgehead atoms. The van der Waals surface area contributed by atoms with Gasteiger partial charge in [-0.15, -0.1) is 0 Å². The van der Waals surface area contributed by atoms with Gasteiger partial charge in [-0.05, 0) is 19.5 Å². The van der Waals surface area contributed by atoms with Crippen LogP contribution in [0.3, 0.4) is 0 Å². The summed E-state index contributed by atoms with van der Waals surface area (Å²) in [6, 6.07) is 0. The van der Waals surface area contributed by atoms with Crippen LogP contribution in [0.5, 0.6) is 0 Å². The number of hydrogen-bond acceptors (Lipinski definition) is 2. The standard InChI is InChI=1S/C5H11NS/c7-5-4-6-2-1-3-6/h7H,1-5H2. The summed E-state index contributed by atoms with van der Waals surface area (Å²) < 4.78 is 0. The second-order valence-corrected chi connectivity index (χ2v) is 2.37. The molecular formula is C5H11NS. The number of thiol groups is 1. The molecule has 1 aliphatic rings. The van der Waals surface area contributed by atoms with Crippen LogP contribution < -0.4 is 0 Å². The molecule has 0 aliphatic carbocycles. The molecular weight excluding hydrogens is 106 g/mol. The molecule has 0 unspecified atom stereocenters. The van der Waals surface area contributed by atoms with Crippen LogP contribution in [0.2, 0.25) is 0 Å². The number of nitrogens with zero attached hydrogens (tertiary/aromatic N) is 1. The highest BCUT2D eigenvalue weighted by atomic mass is 32.1. The van der Waals surface area contributed by atoms with Crippen LogP contribution in [0, 0.1) is 0 Å². The lowest BCUT2D eigenvalue weighted by molar-refractivity contribution is 0.194. The highest BCUT2D eigenvalue weighted by molar-refractivity contribution is 7.80. The van der Waals surface area contributed by atoms with Crippen molar-refractivity contribution in [1.29, 1.82) is 0 Å². The SMILES string of the molecule is SCCN1CCC1. The fraction of sp³-hybridized carbons (Fsp3) is 1.00. The van der Waals surface area contributed by atoms with Crippen LogP contribution >= 0.6 is 12.6 Å². The third kappa shape index (κ3) is 1.35. The van der Waals surface area contributed by atoms with Crippen molar-refractivity contribution < 1.29 is 0 Å². The minimum absolute atomic E-state index is 1.01. The largest absolute Gasteiger partial charge is 0.302 e. The van der Waals surface area contributed by atoms with Crippen molar-refractivity contribution in [2.75, 3.05) is 25.4 Å². The lowest BCUT2D eigenvalue weighted by Crippen LogP contribution is -2.38. The summed E-state index contributed by atoms with van der Waals surface area (Å²) in [5.41, 5.74) is 0. The van der Waals surface area contributed by atoms with E-state index in [9.17, 15) is 0 Å². The quantitative estimate of drug-likeness (QED) is 0.519. The van der Waals surface area contributed by atoms with Gasteiger partial charge in [0, 0.05) is 12.3 Å². The Bertz CT molecular complexity index is 52.0. The van der Waals surface area contributed by atoms with E-state index in [2.05, 4.69) is 17.5 Å². The molecule has 1 heterocycles. The number of hydrogen-bond donors (Lipinski definition) is 1. The Labute approximate surface area is 50.1 Å².